The van der Waals surface area contributed by atoms with E-state index in [9.17, 15) is 4.79 Å². The number of hydrogen-bond acceptors (Lipinski definition) is 3. The number of allylic oxidation sites excluding steroid dienone is 1. The molecule has 0 aliphatic heterocycles. The highest BCUT2D eigenvalue weighted by molar-refractivity contribution is 5.91. The zero-order chi connectivity index (χ0) is 27.9. The lowest BCUT2D eigenvalue weighted by Gasteiger charge is -2.33. The average Bonchev–Trinajstić information content (AvgIpc) is 2.90. The standard InChI is InChI=1S/C36H38O3/c1-35(2,3)30-21-25(38-7)22-31(36(4,5)6)33(30)39-34(37)32-27-17-11-9-14-24(27)19-20-29(32)28-18-12-15-23-13-8-10-16-26(23)28/h8-22,29,32H,1-7H3/t29-,32-/m1/s1. The first-order valence-electron chi connectivity index (χ1n) is 13.7. The van der Waals surface area contributed by atoms with Gasteiger partial charge in [-0.15, -0.1) is 0 Å². The minimum atomic E-state index is -0.486. The number of ether oxygens (including phenoxy) is 2. The molecule has 0 saturated carbocycles. The van der Waals surface area contributed by atoms with Crippen LogP contribution in [0.15, 0.2) is 84.9 Å². The summed E-state index contributed by atoms with van der Waals surface area (Å²) in [7, 11) is 1.68. The van der Waals surface area contributed by atoms with E-state index in [1.807, 2.05) is 24.3 Å². The molecular weight excluding hydrogens is 480 g/mol. The normalized spacial score (nSPS) is 17.1. The van der Waals surface area contributed by atoms with Crippen LogP contribution >= 0.6 is 0 Å². The van der Waals surface area contributed by atoms with Crippen molar-refractivity contribution in [2.45, 2.75) is 64.2 Å². The Balaban J connectivity index is 1.68. The molecule has 0 aromatic heterocycles. The predicted molar refractivity (Wildman–Crippen MR) is 161 cm³/mol. The van der Waals surface area contributed by atoms with Gasteiger partial charge in [-0.3, -0.25) is 4.79 Å². The number of carbonyl (C=O) groups excluding carboxylic acids is 1. The number of hydrogen-bond donors (Lipinski definition) is 0. The number of rotatable bonds is 4. The van der Waals surface area contributed by atoms with Gasteiger partial charge in [0.2, 0.25) is 0 Å². The molecule has 1 aliphatic rings. The van der Waals surface area contributed by atoms with Crippen molar-refractivity contribution < 1.29 is 14.3 Å². The van der Waals surface area contributed by atoms with Gasteiger partial charge in [-0.2, -0.15) is 0 Å². The maximum atomic E-state index is 14.5. The Morgan fingerprint density at radius 2 is 1.33 bits per heavy atom. The van der Waals surface area contributed by atoms with Crippen molar-refractivity contribution in [3.8, 4) is 11.5 Å². The van der Waals surface area contributed by atoms with Crippen molar-refractivity contribution in [2.24, 2.45) is 0 Å². The fourth-order valence-electron chi connectivity index (χ4n) is 5.66. The molecule has 3 heteroatoms. The Labute approximate surface area is 232 Å². The molecule has 0 unspecified atom stereocenters. The van der Waals surface area contributed by atoms with Crippen molar-refractivity contribution in [1.29, 1.82) is 0 Å². The molecule has 0 radical (unpaired) electrons. The molecule has 0 bridgehead atoms. The first kappa shape index (κ1) is 26.7. The largest absolute Gasteiger partial charge is 0.497 e. The molecule has 0 saturated heterocycles. The molecule has 0 spiro atoms. The van der Waals surface area contributed by atoms with Crippen LogP contribution in [0.4, 0.5) is 0 Å². The highest BCUT2D eigenvalue weighted by atomic mass is 16.5. The molecule has 0 fully saturated rings. The summed E-state index contributed by atoms with van der Waals surface area (Å²) in [4.78, 5) is 14.5. The first-order valence-corrected chi connectivity index (χ1v) is 13.7. The Morgan fingerprint density at radius 3 is 2.00 bits per heavy atom. The van der Waals surface area contributed by atoms with E-state index in [-0.39, 0.29) is 22.7 Å². The van der Waals surface area contributed by atoms with E-state index >= 15 is 0 Å². The van der Waals surface area contributed by atoms with Crippen LogP contribution in [0.2, 0.25) is 0 Å². The zero-order valence-corrected chi connectivity index (χ0v) is 24.0. The third-order valence-corrected chi connectivity index (χ3v) is 7.73. The summed E-state index contributed by atoms with van der Waals surface area (Å²) in [6, 6.07) is 26.9. The molecule has 2 atom stereocenters. The third-order valence-electron chi connectivity index (χ3n) is 7.73. The first-order chi connectivity index (χ1) is 18.5. The highest BCUT2D eigenvalue weighted by Crippen LogP contribution is 2.46. The van der Waals surface area contributed by atoms with Gasteiger partial charge >= 0.3 is 5.97 Å². The molecule has 0 amide bonds. The molecule has 5 rings (SSSR count). The van der Waals surface area contributed by atoms with Crippen LogP contribution in [0, 0.1) is 0 Å². The molecule has 0 heterocycles. The lowest BCUT2D eigenvalue weighted by atomic mass is 9.74. The Bertz CT molecular complexity index is 1520. The van der Waals surface area contributed by atoms with Crippen molar-refractivity contribution >= 4 is 22.8 Å². The maximum Gasteiger partial charge on any atom is 0.319 e. The minimum absolute atomic E-state index is 0.159. The molecule has 200 valence electrons. The van der Waals surface area contributed by atoms with Crippen molar-refractivity contribution in [3.05, 3.63) is 113 Å². The summed E-state index contributed by atoms with van der Waals surface area (Å²) in [5.41, 5.74) is 4.57. The van der Waals surface area contributed by atoms with E-state index < -0.39 is 5.92 Å². The third kappa shape index (κ3) is 5.11. The van der Waals surface area contributed by atoms with Gasteiger partial charge < -0.3 is 9.47 Å². The summed E-state index contributed by atoms with van der Waals surface area (Å²) < 4.78 is 12.2. The van der Waals surface area contributed by atoms with Crippen LogP contribution in [0.5, 0.6) is 11.5 Å². The van der Waals surface area contributed by atoms with Crippen LogP contribution in [-0.2, 0) is 15.6 Å². The van der Waals surface area contributed by atoms with Gasteiger partial charge in [0, 0.05) is 17.0 Å². The quantitative estimate of drug-likeness (QED) is 0.200. The van der Waals surface area contributed by atoms with Crippen molar-refractivity contribution in [2.75, 3.05) is 7.11 Å². The molecule has 4 aromatic carbocycles. The van der Waals surface area contributed by atoms with E-state index in [1.165, 1.54) is 0 Å². The van der Waals surface area contributed by atoms with Crippen LogP contribution in [0.1, 0.15) is 81.2 Å². The number of benzene rings is 4. The second-order valence-corrected chi connectivity index (χ2v) is 12.5. The second kappa shape index (κ2) is 10.0. The monoisotopic (exact) mass is 518 g/mol. The average molecular weight is 519 g/mol. The lowest BCUT2D eigenvalue weighted by Crippen LogP contribution is -2.29. The van der Waals surface area contributed by atoms with Gasteiger partial charge in [0.25, 0.3) is 0 Å². The van der Waals surface area contributed by atoms with E-state index in [0.717, 1.165) is 44.3 Å². The Morgan fingerprint density at radius 1 is 0.744 bits per heavy atom. The molecule has 0 N–H and O–H groups in total. The zero-order valence-electron chi connectivity index (χ0n) is 24.0. The van der Waals surface area contributed by atoms with Crippen LogP contribution in [0.25, 0.3) is 16.8 Å². The summed E-state index contributed by atoms with van der Waals surface area (Å²) in [5, 5.41) is 2.32. The van der Waals surface area contributed by atoms with E-state index in [1.54, 1.807) is 7.11 Å². The molecule has 3 nitrogen and oxygen atoms in total. The number of fused-ring (bicyclic) bond motifs is 2. The molecule has 4 aromatic rings. The Kier molecular flexibility index (Phi) is 6.88. The highest BCUT2D eigenvalue weighted by Gasteiger charge is 2.38. The maximum absolute atomic E-state index is 14.5. The van der Waals surface area contributed by atoms with Crippen LogP contribution in [0.3, 0.4) is 0 Å². The number of methoxy groups -OCH3 is 1. The number of carbonyl (C=O) groups is 1. The topological polar surface area (TPSA) is 35.5 Å². The van der Waals surface area contributed by atoms with Crippen molar-refractivity contribution in [1.82, 2.24) is 0 Å². The predicted octanol–water partition coefficient (Wildman–Crippen LogP) is 8.94. The lowest BCUT2D eigenvalue weighted by molar-refractivity contribution is -0.136. The van der Waals surface area contributed by atoms with Gasteiger partial charge in [0.15, 0.2) is 0 Å². The van der Waals surface area contributed by atoms with Gasteiger partial charge in [0.05, 0.1) is 13.0 Å². The fourth-order valence-corrected chi connectivity index (χ4v) is 5.66. The SMILES string of the molecule is COc1cc(C(C)(C)C)c(OC(=O)[C@@H]2c3ccccc3C=C[C@@H]2c2cccc3ccccc23)c(C(C)(C)C)c1. The van der Waals surface area contributed by atoms with E-state index in [0.29, 0.717) is 5.75 Å². The van der Waals surface area contributed by atoms with Crippen LogP contribution in [-0.4, -0.2) is 13.1 Å². The van der Waals surface area contributed by atoms with Crippen LogP contribution < -0.4 is 9.47 Å². The van der Waals surface area contributed by atoms with Gasteiger partial charge in [0.1, 0.15) is 11.5 Å². The molecule has 1 aliphatic carbocycles. The van der Waals surface area contributed by atoms with E-state index in [4.69, 9.17) is 9.47 Å². The smallest absolute Gasteiger partial charge is 0.319 e. The minimum Gasteiger partial charge on any atom is -0.497 e. The van der Waals surface area contributed by atoms with Crippen molar-refractivity contribution in [3.63, 3.8) is 0 Å². The van der Waals surface area contributed by atoms with Gasteiger partial charge in [-0.1, -0.05) is 120 Å². The summed E-state index contributed by atoms with van der Waals surface area (Å²) in [5.74, 6) is 0.521. The van der Waals surface area contributed by atoms with Gasteiger partial charge in [-0.05, 0) is 50.4 Å². The summed E-state index contributed by atoms with van der Waals surface area (Å²) in [6.45, 7) is 12.9. The second-order valence-electron chi connectivity index (χ2n) is 12.5. The molecular formula is C36H38O3. The molecule has 39 heavy (non-hydrogen) atoms. The Hall–Kier alpha value is -3.85. The number of esters is 1. The summed E-state index contributed by atoms with van der Waals surface area (Å²) in [6.07, 6.45) is 4.31. The van der Waals surface area contributed by atoms with E-state index in [2.05, 4.69) is 108 Å². The fraction of sp³-hybridized carbons (Fsp3) is 0.306. The van der Waals surface area contributed by atoms with Gasteiger partial charge in [-0.25, -0.2) is 0 Å². The summed E-state index contributed by atoms with van der Waals surface area (Å²) >= 11 is 0.